The van der Waals surface area contributed by atoms with Gasteiger partial charge in [0.15, 0.2) is 0 Å². The Morgan fingerprint density at radius 1 is 0.679 bits per heavy atom. The maximum absolute atomic E-state index is 9.45. The summed E-state index contributed by atoms with van der Waals surface area (Å²) in [6.07, 6.45) is 0. The molecule has 2 nitrogen and oxygen atoms in total. The van der Waals surface area contributed by atoms with E-state index in [1.54, 1.807) is 11.3 Å². The first-order valence-corrected chi connectivity index (χ1v) is 10.0. The number of nitrogens with zero attached hydrogens (tertiary/aromatic N) is 2. The zero-order valence-electron chi connectivity index (χ0n) is 14.9. The van der Waals surface area contributed by atoms with Gasteiger partial charge in [0.05, 0.1) is 21.3 Å². The summed E-state index contributed by atoms with van der Waals surface area (Å²) in [6, 6.07) is 32.0. The molecule has 0 aliphatic heterocycles. The lowest BCUT2D eigenvalue weighted by molar-refractivity contribution is 1.19. The Morgan fingerprint density at radius 3 is 2.07 bits per heavy atom. The number of rotatable bonds is 1. The predicted molar refractivity (Wildman–Crippen MR) is 118 cm³/mol. The molecule has 0 amide bonds. The summed E-state index contributed by atoms with van der Waals surface area (Å²) in [6.45, 7) is 0. The summed E-state index contributed by atoms with van der Waals surface area (Å²) in [5.41, 5.74) is 4.31. The zero-order chi connectivity index (χ0) is 18.7. The standard InChI is InChI=1S/C25H14N2S/c26-15-16-6-5-9-20-21-14-17(12-13-24(21)28-25(16)20)27-22-10-3-1-7-18(22)19-8-2-4-11-23(19)27/h1-14H. The van der Waals surface area contributed by atoms with Crippen LogP contribution in [-0.2, 0) is 0 Å². The monoisotopic (exact) mass is 374 g/mol. The van der Waals surface area contributed by atoms with Crippen molar-refractivity contribution in [2.45, 2.75) is 0 Å². The van der Waals surface area contributed by atoms with Crippen LogP contribution in [0, 0.1) is 11.3 Å². The van der Waals surface area contributed by atoms with Gasteiger partial charge >= 0.3 is 0 Å². The third-order valence-electron chi connectivity index (χ3n) is 5.44. The highest BCUT2D eigenvalue weighted by atomic mass is 32.1. The van der Waals surface area contributed by atoms with Crippen LogP contribution in [0.4, 0.5) is 0 Å². The first-order valence-electron chi connectivity index (χ1n) is 9.19. The number of benzene rings is 4. The van der Waals surface area contributed by atoms with Crippen LogP contribution in [0.1, 0.15) is 5.56 Å². The van der Waals surface area contributed by atoms with Crippen LogP contribution >= 0.6 is 11.3 Å². The molecular weight excluding hydrogens is 360 g/mol. The summed E-state index contributed by atoms with van der Waals surface area (Å²) >= 11 is 1.69. The van der Waals surface area contributed by atoms with Crippen LogP contribution in [0.5, 0.6) is 0 Å². The summed E-state index contributed by atoms with van der Waals surface area (Å²) in [5.74, 6) is 0. The Labute approximate surface area is 165 Å². The number of nitriles is 1. The SMILES string of the molecule is N#Cc1cccc2c1sc1ccc(-n3c4ccccc4c4ccccc43)cc12. The number of hydrogen-bond acceptors (Lipinski definition) is 2. The van der Waals surface area contributed by atoms with Gasteiger partial charge in [0.1, 0.15) is 6.07 Å². The van der Waals surface area contributed by atoms with E-state index in [2.05, 4.69) is 83.4 Å². The van der Waals surface area contributed by atoms with Crippen LogP contribution in [0.2, 0.25) is 0 Å². The van der Waals surface area contributed by atoms with E-state index in [0.717, 1.165) is 21.3 Å². The number of fused-ring (bicyclic) bond motifs is 6. The van der Waals surface area contributed by atoms with Gasteiger partial charge in [0.2, 0.25) is 0 Å². The molecule has 28 heavy (non-hydrogen) atoms. The molecule has 4 aromatic carbocycles. The normalized spacial score (nSPS) is 11.5. The fraction of sp³-hybridized carbons (Fsp3) is 0. The highest BCUT2D eigenvalue weighted by Gasteiger charge is 2.14. The molecule has 0 N–H and O–H groups in total. The predicted octanol–water partition coefficient (Wildman–Crippen LogP) is 7.02. The van der Waals surface area contributed by atoms with Crippen molar-refractivity contribution >= 4 is 53.3 Å². The van der Waals surface area contributed by atoms with Crippen molar-refractivity contribution in [3.05, 3.63) is 90.5 Å². The highest BCUT2D eigenvalue weighted by Crippen LogP contribution is 2.38. The van der Waals surface area contributed by atoms with E-state index in [9.17, 15) is 5.26 Å². The van der Waals surface area contributed by atoms with Gasteiger partial charge in [0.25, 0.3) is 0 Å². The largest absolute Gasteiger partial charge is 0.309 e. The van der Waals surface area contributed by atoms with E-state index in [4.69, 9.17) is 0 Å². The van der Waals surface area contributed by atoms with Gasteiger partial charge in [-0.3, -0.25) is 0 Å². The maximum Gasteiger partial charge on any atom is 0.101 e. The van der Waals surface area contributed by atoms with Crippen LogP contribution in [0.25, 0.3) is 47.7 Å². The summed E-state index contributed by atoms with van der Waals surface area (Å²) in [7, 11) is 0. The Hall–Kier alpha value is -3.61. The lowest BCUT2D eigenvalue weighted by Gasteiger charge is -2.08. The molecule has 0 aliphatic carbocycles. The molecular formula is C25H14N2S. The fourth-order valence-electron chi connectivity index (χ4n) is 4.21. The van der Waals surface area contributed by atoms with Crippen LogP contribution < -0.4 is 0 Å². The molecule has 0 spiro atoms. The molecule has 3 heteroatoms. The van der Waals surface area contributed by atoms with Gasteiger partial charge < -0.3 is 4.57 Å². The second-order valence-electron chi connectivity index (χ2n) is 6.95. The molecule has 0 unspecified atom stereocenters. The molecule has 130 valence electrons. The van der Waals surface area contributed by atoms with Crippen molar-refractivity contribution in [3.8, 4) is 11.8 Å². The molecule has 0 bridgehead atoms. The lowest BCUT2D eigenvalue weighted by atomic mass is 10.1. The van der Waals surface area contributed by atoms with Gasteiger partial charge in [-0.1, -0.05) is 48.5 Å². The minimum absolute atomic E-state index is 0.747. The first-order chi connectivity index (χ1) is 13.8. The molecule has 0 aliphatic rings. The topological polar surface area (TPSA) is 28.7 Å². The molecule has 6 aromatic rings. The van der Waals surface area contributed by atoms with Crippen LogP contribution in [0.3, 0.4) is 0 Å². The van der Waals surface area contributed by atoms with Crippen molar-refractivity contribution in [2.24, 2.45) is 0 Å². The van der Waals surface area contributed by atoms with Crippen molar-refractivity contribution in [2.75, 3.05) is 0 Å². The fourth-order valence-corrected chi connectivity index (χ4v) is 5.36. The Kier molecular flexibility index (Phi) is 3.14. The Bertz CT molecular complexity index is 1520. The Balaban J connectivity index is 1.74. The second-order valence-corrected chi connectivity index (χ2v) is 8.00. The van der Waals surface area contributed by atoms with Gasteiger partial charge in [-0.25, -0.2) is 0 Å². The molecule has 0 saturated carbocycles. The van der Waals surface area contributed by atoms with Crippen molar-refractivity contribution in [1.29, 1.82) is 5.26 Å². The molecule has 6 rings (SSSR count). The third kappa shape index (κ3) is 2.01. The smallest absolute Gasteiger partial charge is 0.101 e. The van der Waals surface area contributed by atoms with Gasteiger partial charge in [-0.15, -0.1) is 11.3 Å². The van der Waals surface area contributed by atoms with Crippen molar-refractivity contribution < 1.29 is 0 Å². The van der Waals surface area contributed by atoms with Crippen LogP contribution in [-0.4, -0.2) is 4.57 Å². The van der Waals surface area contributed by atoms with Crippen molar-refractivity contribution in [3.63, 3.8) is 0 Å². The van der Waals surface area contributed by atoms with E-state index in [1.165, 1.54) is 31.9 Å². The number of thiophene rings is 1. The van der Waals surface area contributed by atoms with E-state index in [1.807, 2.05) is 12.1 Å². The Morgan fingerprint density at radius 2 is 1.36 bits per heavy atom. The van der Waals surface area contributed by atoms with E-state index in [-0.39, 0.29) is 0 Å². The van der Waals surface area contributed by atoms with E-state index < -0.39 is 0 Å². The van der Waals surface area contributed by atoms with Gasteiger partial charge in [-0.2, -0.15) is 5.26 Å². The average molecular weight is 374 g/mol. The zero-order valence-corrected chi connectivity index (χ0v) is 15.7. The molecule has 2 heterocycles. The maximum atomic E-state index is 9.45. The van der Waals surface area contributed by atoms with E-state index >= 15 is 0 Å². The summed E-state index contributed by atoms with van der Waals surface area (Å²) in [5, 5.41) is 14.3. The quantitative estimate of drug-likeness (QED) is 0.304. The summed E-state index contributed by atoms with van der Waals surface area (Å²) in [4.78, 5) is 0. The van der Waals surface area contributed by atoms with Gasteiger partial charge in [-0.05, 0) is 36.4 Å². The minimum Gasteiger partial charge on any atom is -0.309 e. The molecule has 2 aromatic heterocycles. The van der Waals surface area contributed by atoms with Crippen molar-refractivity contribution in [1.82, 2.24) is 4.57 Å². The van der Waals surface area contributed by atoms with Crippen LogP contribution in [0.15, 0.2) is 84.9 Å². The first kappa shape index (κ1) is 15.4. The summed E-state index contributed by atoms with van der Waals surface area (Å²) < 4.78 is 4.61. The lowest BCUT2D eigenvalue weighted by Crippen LogP contribution is -1.93. The third-order valence-corrected chi connectivity index (χ3v) is 6.66. The van der Waals surface area contributed by atoms with Gasteiger partial charge in [0, 0.05) is 31.9 Å². The number of aromatic nitrogens is 1. The minimum atomic E-state index is 0.747. The molecule has 0 radical (unpaired) electrons. The highest BCUT2D eigenvalue weighted by molar-refractivity contribution is 7.26. The second kappa shape index (κ2) is 5.69. The molecule has 0 atom stereocenters. The number of para-hydroxylation sites is 2. The molecule has 0 saturated heterocycles. The van der Waals surface area contributed by atoms with E-state index in [0.29, 0.717) is 0 Å². The number of hydrogen-bond donors (Lipinski definition) is 0. The molecule has 0 fully saturated rings. The average Bonchev–Trinajstić information content (AvgIpc) is 3.29.